The van der Waals surface area contributed by atoms with E-state index in [1.165, 1.54) is 6.07 Å². The lowest BCUT2D eigenvalue weighted by Gasteiger charge is -2.19. The summed E-state index contributed by atoms with van der Waals surface area (Å²) in [5.74, 6) is -0.342. The fourth-order valence-electron chi connectivity index (χ4n) is 2.06. The van der Waals surface area contributed by atoms with Crippen LogP contribution in [0.2, 0.25) is 5.02 Å². The van der Waals surface area contributed by atoms with Gasteiger partial charge in [0.05, 0.1) is 22.1 Å². The minimum absolute atomic E-state index is 0.153. The van der Waals surface area contributed by atoms with Crippen molar-refractivity contribution in [1.82, 2.24) is 9.78 Å². The lowest BCUT2D eigenvalue weighted by atomic mass is 10.2. The lowest BCUT2D eigenvalue weighted by molar-refractivity contribution is -0.117. The maximum absolute atomic E-state index is 12.2. The molecule has 0 unspecified atom stereocenters. The molecule has 1 heterocycles. The van der Waals surface area contributed by atoms with Gasteiger partial charge in [-0.2, -0.15) is 5.10 Å². The molecule has 1 aromatic carbocycles. The summed E-state index contributed by atoms with van der Waals surface area (Å²) in [6.07, 6.45) is 0. The summed E-state index contributed by atoms with van der Waals surface area (Å²) in [5.41, 5.74) is 1.65. The minimum Gasteiger partial charge on any atom is -0.375 e. The Labute approximate surface area is 133 Å². The van der Waals surface area contributed by atoms with Gasteiger partial charge in [-0.3, -0.25) is 9.59 Å². The number of anilines is 2. The normalized spacial score (nSPS) is 10.4. The van der Waals surface area contributed by atoms with Crippen LogP contribution in [0.4, 0.5) is 11.4 Å². The molecule has 6 nitrogen and oxygen atoms in total. The first-order valence-corrected chi connectivity index (χ1v) is 7.06. The second-order valence-corrected chi connectivity index (χ2v) is 5.46. The molecule has 0 radical (unpaired) electrons. The second-order valence-electron chi connectivity index (χ2n) is 5.05. The molecule has 22 heavy (non-hydrogen) atoms. The smallest absolute Gasteiger partial charge is 0.267 e. The molecule has 7 heteroatoms. The molecule has 1 N–H and O–H groups in total. The van der Waals surface area contributed by atoms with Gasteiger partial charge in [0, 0.05) is 20.2 Å². The van der Waals surface area contributed by atoms with Crippen LogP contribution < -0.4 is 15.8 Å². The molecule has 0 bridgehead atoms. The third-order valence-corrected chi connectivity index (χ3v) is 3.31. The van der Waals surface area contributed by atoms with Crippen LogP contribution in [0.25, 0.3) is 0 Å². The van der Waals surface area contributed by atoms with Gasteiger partial charge < -0.3 is 10.2 Å². The van der Waals surface area contributed by atoms with Crippen LogP contribution in [-0.4, -0.2) is 29.8 Å². The Morgan fingerprint density at radius 3 is 2.73 bits per heavy atom. The number of carbonyl (C=O) groups excluding carboxylic acids is 1. The van der Waals surface area contributed by atoms with Crippen LogP contribution in [0.1, 0.15) is 5.69 Å². The topological polar surface area (TPSA) is 67.2 Å². The molecule has 116 valence electrons. The standard InChI is InChI=1S/C15H17ClN4O2/c1-10-7-8-14(22)20(18-10)9-13(21)17-12-6-4-5-11(16)15(12)19(2)3/h4-8H,9H2,1-3H3,(H,17,21). The Hall–Kier alpha value is -2.34. The number of nitrogens with zero attached hydrogens (tertiary/aromatic N) is 3. The Morgan fingerprint density at radius 2 is 2.05 bits per heavy atom. The van der Waals surface area contributed by atoms with Crippen molar-refractivity contribution in [2.24, 2.45) is 0 Å². The summed E-state index contributed by atoms with van der Waals surface area (Å²) in [6.45, 7) is 1.61. The van der Waals surface area contributed by atoms with Crippen LogP contribution in [0, 0.1) is 6.92 Å². The number of aromatic nitrogens is 2. The molecule has 1 aromatic heterocycles. The molecule has 0 aliphatic carbocycles. The van der Waals surface area contributed by atoms with E-state index in [0.717, 1.165) is 4.68 Å². The third kappa shape index (κ3) is 3.65. The van der Waals surface area contributed by atoms with Gasteiger partial charge in [-0.15, -0.1) is 0 Å². The summed E-state index contributed by atoms with van der Waals surface area (Å²) < 4.78 is 1.13. The molecule has 0 saturated carbocycles. The molecule has 0 aliphatic rings. The third-order valence-electron chi connectivity index (χ3n) is 3.00. The summed E-state index contributed by atoms with van der Waals surface area (Å²) in [5, 5.41) is 7.34. The van der Waals surface area contributed by atoms with E-state index in [0.29, 0.717) is 22.1 Å². The summed E-state index contributed by atoms with van der Waals surface area (Å²) >= 11 is 6.15. The average Bonchev–Trinajstić information content (AvgIpc) is 2.42. The number of halogens is 1. The van der Waals surface area contributed by atoms with E-state index in [2.05, 4.69) is 10.4 Å². The van der Waals surface area contributed by atoms with E-state index < -0.39 is 0 Å². The first-order valence-electron chi connectivity index (χ1n) is 6.69. The Kier molecular flexibility index (Phi) is 4.82. The fourth-order valence-corrected chi connectivity index (χ4v) is 2.40. The summed E-state index contributed by atoms with van der Waals surface area (Å²) in [4.78, 5) is 25.7. The highest BCUT2D eigenvalue weighted by Gasteiger charge is 2.13. The highest BCUT2D eigenvalue weighted by Crippen LogP contribution is 2.32. The summed E-state index contributed by atoms with van der Waals surface area (Å²) in [7, 11) is 3.67. The van der Waals surface area contributed by atoms with Gasteiger partial charge in [0.2, 0.25) is 5.91 Å². The molecular weight excluding hydrogens is 304 g/mol. The Morgan fingerprint density at radius 1 is 1.32 bits per heavy atom. The van der Waals surface area contributed by atoms with Crippen molar-refractivity contribution < 1.29 is 4.79 Å². The first-order chi connectivity index (χ1) is 10.4. The van der Waals surface area contributed by atoms with Crippen molar-refractivity contribution in [3.63, 3.8) is 0 Å². The van der Waals surface area contributed by atoms with Gasteiger partial charge in [-0.05, 0) is 25.1 Å². The molecule has 0 aliphatic heterocycles. The molecule has 2 aromatic rings. The number of nitrogens with one attached hydrogen (secondary N) is 1. The highest BCUT2D eigenvalue weighted by molar-refractivity contribution is 6.34. The molecule has 0 spiro atoms. The maximum atomic E-state index is 12.2. The number of carbonyl (C=O) groups is 1. The van der Waals surface area contributed by atoms with E-state index in [4.69, 9.17) is 11.6 Å². The van der Waals surface area contributed by atoms with E-state index >= 15 is 0 Å². The second kappa shape index (κ2) is 6.62. The predicted octanol–water partition coefficient (Wildman–Crippen LogP) is 1.91. The SMILES string of the molecule is Cc1ccc(=O)n(CC(=O)Nc2cccc(Cl)c2N(C)C)n1. The van der Waals surface area contributed by atoms with Crippen molar-refractivity contribution in [1.29, 1.82) is 0 Å². The number of aryl methyl sites for hydroxylation is 1. The Balaban J connectivity index is 2.21. The maximum Gasteiger partial charge on any atom is 0.267 e. The van der Waals surface area contributed by atoms with Crippen molar-refractivity contribution in [3.05, 3.63) is 51.4 Å². The van der Waals surface area contributed by atoms with Crippen LogP contribution >= 0.6 is 11.6 Å². The molecule has 2 rings (SSSR count). The van der Waals surface area contributed by atoms with Gasteiger partial charge in [0.25, 0.3) is 5.56 Å². The van der Waals surface area contributed by atoms with Crippen molar-refractivity contribution in [2.75, 3.05) is 24.3 Å². The number of hydrogen-bond donors (Lipinski definition) is 1. The van der Waals surface area contributed by atoms with Gasteiger partial charge in [0.1, 0.15) is 6.54 Å². The fraction of sp³-hybridized carbons (Fsp3) is 0.267. The predicted molar refractivity (Wildman–Crippen MR) is 87.6 cm³/mol. The quantitative estimate of drug-likeness (QED) is 0.934. The number of amides is 1. The molecule has 1 amide bonds. The van der Waals surface area contributed by atoms with Crippen molar-refractivity contribution in [3.8, 4) is 0 Å². The molecule has 0 fully saturated rings. The molecular formula is C15H17ClN4O2. The van der Waals surface area contributed by atoms with Crippen LogP contribution in [0.3, 0.4) is 0 Å². The minimum atomic E-state index is -0.342. The number of rotatable bonds is 4. The van der Waals surface area contributed by atoms with Crippen molar-refractivity contribution >= 4 is 28.9 Å². The highest BCUT2D eigenvalue weighted by atomic mass is 35.5. The van der Waals surface area contributed by atoms with Crippen LogP contribution in [-0.2, 0) is 11.3 Å². The zero-order valence-electron chi connectivity index (χ0n) is 12.6. The monoisotopic (exact) mass is 320 g/mol. The van der Waals surface area contributed by atoms with E-state index in [1.807, 2.05) is 19.0 Å². The number of benzene rings is 1. The van der Waals surface area contributed by atoms with E-state index in [1.54, 1.807) is 31.2 Å². The lowest BCUT2D eigenvalue weighted by Crippen LogP contribution is -2.29. The van der Waals surface area contributed by atoms with E-state index in [9.17, 15) is 9.59 Å². The number of hydrogen-bond acceptors (Lipinski definition) is 4. The summed E-state index contributed by atoms with van der Waals surface area (Å²) in [6, 6.07) is 8.25. The average molecular weight is 321 g/mol. The Bertz CT molecular complexity index is 755. The first kappa shape index (κ1) is 16.0. The zero-order chi connectivity index (χ0) is 16.3. The molecule has 0 saturated heterocycles. The van der Waals surface area contributed by atoms with Crippen LogP contribution in [0.15, 0.2) is 35.1 Å². The largest absolute Gasteiger partial charge is 0.375 e. The van der Waals surface area contributed by atoms with Gasteiger partial charge in [-0.1, -0.05) is 17.7 Å². The van der Waals surface area contributed by atoms with Gasteiger partial charge in [-0.25, -0.2) is 4.68 Å². The van der Waals surface area contributed by atoms with Crippen molar-refractivity contribution in [2.45, 2.75) is 13.5 Å². The zero-order valence-corrected chi connectivity index (χ0v) is 13.4. The van der Waals surface area contributed by atoms with Crippen LogP contribution in [0.5, 0.6) is 0 Å². The molecule has 0 atom stereocenters. The van der Waals surface area contributed by atoms with E-state index in [-0.39, 0.29) is 18.0 Å². The number of para-hydroxylation sites is 1. The van der Waals surface area contributed by atoms with Gasteiger partial charge >= 0.3 is 0 Å². The van der Waals surface area contributed by atoms with Gasteiger partial charge in [0.15, 0.2) is 0 Å².